The fourth-order valence-electron chi connectivity index (χ4n) is 3.37. The topological polar surface area (TPSA) is 29.9 Å². The molecule has 1 aliphatic rings. The normalized spacial score (nSPS) is 17.7. The fraction of sp³-hybridized carbons (Fsp3) is 0.471. The summed E-state index contributed by atoms with van der Waals surface area (Å²) in [4.78, 5) is 0. The SMILES string of the molecule is CCCn1ncc(Cl)c1C(NC)C1(c2ccccc2)CC1. The van der Waals surface area contributed by atoms with Gasteiger partial charge in [0.25, 0.3) is 0 Å². The molecule has 3 rings (SSSR count). The number of likely N-dealkylation sites (N-methyl/N-ethyl adjacent to an activating group) is 1. The third kappa shape index (κ3) is 2.49. The maximum Gasteiger partial charge on any atom is 0.0834 e. The first kappa shape index (κ1) is 14.6. The third-order valence-corrected chi connectivity index (χ3v) is 4.81. The highest BCUT2D eigenvalue weighted by Crippen LogP contribution is 2.57. The predicted molar refractivity (Wildman–Crippen MR) is 86.7 cm³/mol. The first-order valence-electron chi connectivity index (χ1n) is 7.67. The Morgan fingerprint density at radius 3 is 2.62 bits per heavy atom. The standard InChI is InChI=1S/C17H22ClN3/c1-3-11-21-15(14(18)12-20-21)16(19-2)17(9-10-17)13-7-5-4-6-8-13/h4-8,12,16,19H,3,9-11H2,1-2H3. The Labute approximate surface area is 131 Å². The molecule has 1 aromatic carbocycles. The monoisotopic (exact) mass is 303 g/mol. The lowest BCUT2D eigenvalue weighted by atomic mass is 9.86. The van der Waals surface area contributed by atoms with Gasteiger partial charge in [0.05, 0.1) is 23.0 Å². The van der Waals surface area contributed by atoms with Gasteiger partial charge in [-0.2, -0.15) is 5.10 Å². The lowest BCUT2D eigenvalue weighted by Crippen LogP contribution is -2.32. The van der Waals surface area contributed by atoms with Gasteiger partial charge < -0.3 is 5.32 Å². The number of rotatable bonds is 6. The summed E-state index contributed by atoms with van der Waals surface area (Å²) in [7, 11) is 2.02. The van der Waals surface area contributed by atoms with Gasteiger partial charge in [0.15, 0.2) is 0 Å². The van der Waals surface area contributed by atoms with Crippen LogP contribution in [0.25, 0.3) is 0 Å². The van der Waals surface area contributed by atoms with Crippen LogP contribution < -0.4 is 5.32 Å². The maximum absolute atomic E-state index is 6.45. The van der Waals surface area contributed by atoms with Gasteiger partial charge in [-0.05, 0) is 31.9 Å². The van der Waals surface area contributed by atoms with E-state index in [1.54, 1.807) is 6.20 Å². The van der Waals surface area contributed by atoms with Crippen molar-refractivity contribution in [1.82, 2.24) is 15.1 Å². The van der Waals surface area contributed by atoms with E-state index in [9.17, 15) is 0 Å². The number of halogens is 1. The number of nitrogens with zero attached hydrogens (tertiary/aromatic N) is 2. The van der Waals surface area contributed by atoms with Crippen LogP contribution in [-0.4, -0.2) is 16.8 Å². The molecule has 0 bridgehead atoms. The highest BCUT2D eigenvalue weighted by Gasteiger charge is 2.52. The molecule has 1 unspecified atom stereocenters. The van der Waals surface area contributed by atoms with Crippen LogP contribution in [0.15, 0.2) is 36.5 Å². The molecule has 112 valence electrons. The van der Waals surface area contributed by atoms with Crippen LogP contribution in [0.5, 0.6) is 0 Å². The molecule has 0 aliphatic heterocycles. The van der Waals surface area contributed by atoms with Gasteiger partial charge in [0.1, 0.15) is 0 Å². The van der Waals surface area contributed by atoms with Crippen molar-refractivity contribution < 1.29 is 0 Å². The lowest BCUT2D eigenvalue weighted by molar-refractivity contribution is 0.419. The number of hydrogen-bond acceptors (Lipinski definition) is 2. The van der Waals surface area contributed by atoms with Crippen molar-refractivity contribution in [1.29, 1.82) is 0 Å². The van der Waals surface area contributed by atoms with Crippen LogP contribution >= 0.6 is 11.6 Å². The van der Waals surface area contributed by atoms with E-state index in [2.05, 4.69) is 52.4 Å². The van der Waals surface area contributed by atoms with Crippen molar-refractivity contribution in [3.05, 3.63) is 52.8 Å². The summed E-state index contributed by atoms with van der Waals surface area (Å²) >= 11 is 6.45. The van der Waals surface area contributed by atoms with Crippen molar-refractivity contribution in [3.63, 3.8) is 0 Å². The first-order valence-corrected chi connectivity index (χ1v) is 8.04. The Balaban J connectivity index is 2.02. The Bertz CT molecular complexity index is 602. The van der Waals surface area contributed by atoms with Crippen molar-refractivity contribution >= 4 is 11.6 Å². The Morgan fingerprint density at radius 1 is 1.33 bits per heavy atom. The molecule has 0 saturated heterocycles. The molecule has 0 spiro atoms. The zero-order valence-corrected chi connectivity index (χ0v) is 13.4. The molecule has 1 fully saturated rings. The zero-order chi connectivity index (χ0) is 14.9. The van der Waals surface area contributed by atoms with E-state index in [0.717, 1.165) is 23.7 Å². The van der Waals surface area contributed by atoms with E-state index >= 15 is 0 Å². The molecule has 3 nitrogen and oxygen atoms in total. The second-order valence-corrected chi connectivity index (χ2v) is 6.25. The molecule has 1 N–H and O–H groups in total. The van der Waals surface area contributed by atoms with Gasteiger partial charge in [-0.15, -0.1) is 0 Å². The van der Waals surface area contributed by atoms with Crippen molar-refractivity contribution in [2.24, 2.45) is 0 Å². The zero-order valence-electron chi connectivity index (χ0n) is 12.6. The number of aryl methyl sites for hydroxylation is 1. The second kappa shape index (κ2) is 5.82. The summed E-state index contributed by atoms with van der Waals surface area (Å²) in [6.45, 7) is 3.07. The molecule has 2 aromatic rings. The van der Waals surface area contributed by atoms with E-state index in [0.29, 0.717) is 0 Å². The minimum atomic E-state index is 0.158. The highest BCUT2D eigenvalue weighted by atomic mass is 35.5. The molecule has 1 atom stereocenters. The molecular formula is C17H22ClN3. The Kier molecular flexibility index (Phi) is 4.05. The summed E-state index contributed by atoms with van der Waals surface area (Å²) in [5, 5.41) is 8.72. The molecule has 4 heteroatoms. The molecule has 1 aromatic heterocycles. The third-order valence-electron chi connectivity index (χ3n) is 4.52. The van der Waals surface area contributed by atoms with Crippen LogP contribution in [-0.2, 0) is 12.0 Å². The number of benzene rings is 1. The highest BCUT2D eigenvalue weighted by molar-refractivity contribution is 6.31. The minimum Gasteiger partial charge on any atom is -0.311 e. The van der Waals surface area contributed by atoms with Gasteiger partial charge in [-0.3, -0.25) is 4.68 Å². The summed E-state index contributed by atoms with van der Waals surface area (Å²) in [5.74, 6) is 0. The number of aromatic nitrogens is 2. The second-order valence-electron chi connectivity index (χ2n) is 5.84. The van der Waals surface area contributed by atoms with Crippen LogP contribution in [0.1, 0.15) is 43.5 Å². The molecular weight excluding hydrogens is 282 g/mol. The average molecular weight is 304 g/mol. The molecule has 21 heavy (non-hydrogen) atoms. The molecule has 1 saturated carbocycles. The van der Waals surface area contributed by atoms with E-state index in [1.807, 2.05) is 7.05 Å². The molecule has 0 radical (unpaired) electrons. The largest absolute Gasteiger partial charge is 0.311 e. The summed E-state index contributed by atoms with van der Waals surface area (Å²) in [5.41, 5.74) is 2.68. The van der Waals surface area contributed by atoms with Crippen molar-refractivity contribution in [2.45, 2.75) is 44.2 Å². The van der Waals surface area contributed by atoms with E-state index in [1.165, 1.54) is 18.4 Å². The van der Waals surface area contributed by atoms with Crippen LogP contribution in [0.3, 0.4) is 0 Å². The predicted octanol–water partition coefficient (Wildman–Crippen LogP) is 3.94. The van der Waals surface area contributed by atoms with Gasteiger partial charge in [-0.25, -0.2) is 0 Å². The van der Waals surface area contributed by atoms with Crippen molar-refractivity contribution in [3.8, 4) is 0 Å². The molecule has 1 heterocycles. The van der Waals surface area contributed by atoms with E-state index < -0.39 is 0 Å². The van der Waals surface area contributed by atoms with Gasteiger partial charge in [0.2, 0.25) is 0 Å². The average Bonchev–Trinajstić information content (AvgIpc) is 3.24. The summed E-state index contributed by atoms with van der Waals surface area (Å²) in [6.07, 6.45) is 5.21. The Hall–Kier alpha value is -1.32. The van der Waals surface area contributed by atoms with Gasteiger partial charge in [-0.1, -0.05) is 48.9 Å². The minimum absolute atomic E-state index is 0.158. The van der Waals surface area contributed by atoms with Gasteiger partial charge in [0, 0.05) is 12.0 Å². The van der Waals surface area contributed by atoms with E-state index in [4.69, 9.17) is 11.6 Å². The van der Waals surface area contributed by atoms with Crippen LogP contribution in [0, 0.1) is 0 Å². The van der Waals surface area contributed by atoms with Gasteiger partial charge >= 0.3 is 0 Å². The fourth-order valence-corrected chi connectivity index (χ4v) is 3.62. The lowest BCUT2D eigenvalue weighted by Gasteiger charge is -2.28. The maximum atomic E-state index is 6.45. The van der Waals surface area contributed by atoms with Crippen LogP contribution in [0.2, 0.25) is 5.02 Å². The number of nitrogens with one attached hydrogen (secondary N) is 1. The smallest absolute Gasteiger partial charge is 0.0834 e. The van der Waals surface area contributed by atoms with E-state index in [-0.39, 0.29) is 11.5 Å². The first-order chi connectivity index (χ1) is 10.2. The molecule has 0 amide bonds. The summed E-state index contributed by atoms with van der Waals surface area (Å²) < 4.78 is 2.06. The van der Waals surface area contributed by atoms with Crippen LogP contribution in [0.4, 0.5) is 0 Å². The Morgan fingerprint density at radius 2 is 2.05 bits per heavy atom. The molecule has 1 aliphatic carbocycles. The van der Waals surface area contributed by atoms with Crippen molar-refractivity contribution in [2.75, 3.05) is 7.05 Å². The summed E-state index contributed by atoms with van der Waals surface area (Å²) in [6, 6.07) is 11.0. The number of hydrogen-bond donors (Lipinski definition) is 1. The quantitative estimate of drug-likeness (QED) is 0.876.